The van der Waals surface area contributed by atoms with E-state index in [1.54, 1.807) is 23.9 Å². The fourth-order valence-corrected chi connectivity index (χ4v) is 9.79. The quantitative estimate of drug-likeness (QED) is 0.549. The molecule has 3 fully saturated rings. The number of hydrogen-bond acceptors (Lipinski definition) is 6. The van der Waals surface area contributed by atoms with Crippen molar-refractivity contribution in [2.75, 3.05) is 4.90 Å². The third-order valence-electron chi connectivity index (χ3n) is 7.99. The monoisotopic (exact) mass is 476 g/mol. The van der Waals surface area contributed by atoms with E-state index in [0.717, 1.165) is 21.9 Å². The summed E-state index contributed by atoms with van der Waals surface area (Å²) < 4.78 is 0. The Morgan fingerprint density at radius 2 is 1.61 bits per heavy atom. The van der Waals surface area contributed by atoms with Crippen molar-refractivity contribution >= 4 is 40.6 Å². The van der Waals surface area contributed by atoms with Crippen LogP contribution in [0.2, 0.25) is 0 Å². The van der Waals surface area contributed by atoms with Crippen LogP contribution < -0.4 is 9.77 Å². The molecule has 1 saturated heterocycles. The minimum Gasteiger partial charge on any atom is -0.508 e. The van der Waals surface area contributed by atoms with Gasteiger partial charge in [0.05, 0.1) is 22.5 Å². The zero-order chi connectivity index (χ0) is 22.4. The minimum atomic E-state index is -0.304. The number of phenolic OH excluding ortho intramolecular Hbond substituents is 1. The number of nitrogens with zero attached hydrogens (tertiary/aromatic N) is 1. The Bertz CT molecular complexity index is 1350. The molecular weight excluding hydrogens is 456 g/mol. The van der Waals surface area contributed by atoms with Crippen molar-refractivity contribution in [1.29, 1.82) is 0 Å². The third-order valence-corrected chi connectivity index (χ3v) is 10.6. The summed E-state index contributed by atoms with van der Waals surface area (Å²) in [6.07, 6.45) is 0.867. The van der Waals surface area contributed by atoms with Crippen LogP contribution in [0.3, 0.4) is 0 Å². The number of hydrogen-bond donors (Lipinski definition) is 2. The molecule has 7 rings (SSSR count). The number of phenols is 1. The Hall–Kier alpha value is -2.84. The molecule has 6 nitrogen and oxygen atoms in total. The number of aromatic hydroxyl groups is 1. The molecule has 0 radical (unpaired) electrons. The Balaban J connectivity index is 1.34. The van der Waals surface area contributed by atoms with Gasteiger partial charge < -0.3 is 10.1 Å². The molecule has 2 N–H and O–H groups in total. The van der Waals surface area contributed by atoms with Crippen LogP contribution in [0, 0.1) is 29.6 Å². The van der Waals surface area contributed by atoms with Crippen molar-refractivity contribution in [3.8, 4) is 5.75 Å². The fraction of sp³-hybridized carbons (Fsp3) is 0.320. The number of rotatable bonds is 2. The lowest BCUT2D eigenvalue weighted by molar-refractivity contribution is -0.123. The average Bonchev–Trinajstić information content (AvgIpc) is 3.54. The summed E-state index contributed by atoms with van der Waals surface area (Å²) in [6, 6.07) is 16.4. The lowest BCUT2D eigenvalue weighted by atomic mass is 9.68. The van der Waals surface area contributed by atoms with Gasteiger partial charge in [-0.15, -0.1) is 11.8 Å². The van der Waals surface area contributed by atoms with E-state index in [1.165, 1.54) is 16.2 Å². The highest BCUT2D eigenvalue weighted by atomic mass is 32.2. The van der Waals surface area contributed by atoms with Gasteiger partial charge in [0.2, 0.25) is 11.8 Å². The maximum absolute atomic E-state index is 13.6. The molecule has 2 aliphatic carbocycles. The lowest BCUT2D eigenvalue weighted by Gasteiger charge is -2.43. The van der Waals surface area contributed by atoms with E-state index in [9.17, 15) is 19.5 Å². The van der Waals surface area contributed by atoms with Crippen LogP contribution >= 0.6 is 23.1 Å². The van der Waals surface area contributed by atoms with E-state index in [0.29, 0.717) is 5.69 Å². The second-order valence-electron chi connectivity index (χ2n) is 9.40. The lowest BCUT2D eigenvalue weighted by Crippen LogP contribution is -2.42. The largest absolute Gasteiger partial charge is 0.508 e. The smallest absolute Gasteiger partial charge is 0.305 e. The van der Waals surface area contributed by atoms with E-state index in [2.05, 4.69) is 4.98 Å². The maximum Gasteiger partial charge on any atom is 0.305 e. The molecule has 2 aromatic carbocycles. The van der Waals surface area contributed by atoms with Gasteiger partial charge in [0.15, 0.2) is 0 Å². The molecule has 4 aliphatic rings. The molecule has 3 aromatic rings. The molecule has 3 heterocycles. The van der Waals surface area contributed by atoms with Crippen LogP contribution in [-0.4, -0.2) is 27.2 Å². The number of thiazole rings is 1. The molecule has 2 bridgehead atoms. The molecule has 33 heavy (non-hydrogen) atoms. The molecule has 2 saturated carbocycles. The number of nitrogens with one attached hydrogen (secondary N) is 1. The first-order chi connectivity index (χ1) is 16.0. The summed E-state index contributed by atoms with van der Waals surface area (Å²) in [7, 11) is 0. The third kappa shape index (κ3) is 2.59. The highest BCUT2D eigenvalue weighted by Gasteiger charge is 2.69. The number of amides is 2. The van der Waals surface area contributed by atoms with Gasteiger partial charge in [0.1, 0.15) is 5.75 Å². The van der Waals surface area contributed by atoms with Gasteiger partial charge in [-0.05, 0) is 54.0 Å². The molecular formula is C25H20N2O4S2. The zero-order valence-corrected chi connectivity index (χ0v) is 19.0. The molecule has 1 aromatic heterocycles. The Morgan fingerprint density at radius 3 is 2.33 bits per heavy atom. The van der Waals surface area contributed by atoms with Crippen molar-refractivity contribution < 1.29 is 14.7 Å². The Kier molecular flexibility index (Phi) is 4.06. The number of fused-ring (bicyclic) bond motifs is 9. The number of imide groups is 1. The summed E-state index contributed by atoms with van der Waals surface area (Å²) in [5.41, 5.74) is 1.69. The van der Waals surface area contributed by atoms with Crippen molar-refractivity contribution in [2.45, 2.75) is 22.6 Å². The van der Waals surface area contributed by atoms with Crippen molar-refractivity contribution in [3.05, 3.63) is 74.7 Å². The van der Waals surface area contributed by atoms with E-state index in [1.807, 2.05) is 42.5 Å². The van der Waals surface area contributed by atoms with E-state index in [-0.39, 0.29) is 63.2 Å². The van der Waals surface area contributed by atoms with Crippen LogP contribution in [0.5, 0.6) is 5.75 Å². The predicted molar refractivity (Wildman–Crippen MR) is 126 cm³/mol. The van der Waals surface area contributed by atoms with Crippen LogP contribution in [0.1, 0.15) is 22.8 Å². The summed E-state index contributed by atoms with van der Waals surface area (Å²) in [5.74, 6) is -0.213. The number of para-hydroxylation sites is 1. The summed E-state index contributed by atoms with van der Waals surface area (Å²) >= 11 is 2.93. The standard InChI is InChI=1S/C25H20N2O4S2/c28-13-8-6-11(7-9-13)16-17-14-10-15(20(17)32-22-21(16)33-25(31)26-22)19-18(14)23(29)27(24(19)30)12-4-2-1-3-5-12/h1-9,14-20,28H,10H2,(H,26,31). The van der Waals surface area contributed by atoms with Gasteiger partial charge in [-0.3, -0.25) is 19.3 Å². The van der Waals surface area contributed by atoms with Gasteiger partial charge in [-0.25, -0.2) is 0 Å². The number of thioether (sulfide) groups is 1. The number of benzene rings is 2. The topological polar surface area (TPSA) is 90.5 Å². The van der Waals surface area contributed by atoms with Gasteiger partial charge in [0, 0.05) is 16.0 Å². The molecule has 7 unspecified atom stereocenters. The predicted octanol–water partition coefficient (Wildman–Crippen LogP) is 3.82. The number of carbonyl (C=O) groups excluding carboxylic acids is 2. The molecule has 166 valence electrons. The number of aromatic nitrogens is 1. The molecule has 2 aliphatic heterocycles. The average molecular weight is 477 g/mol. The van der Waals surface area contributed by atoms with Crippen molar-refractivity contribution in [2.24, 2.45) is 29.6 Å². The number of H-pyrrole nitrogens is 1. The first-order valence-electron chi connectivity index (χ1n) is 11.1. The molecule has 7 atom stereocenters. The maximum atomic E-state index is 13.6. The van der Waals surface area contributed by atoms with E-state index in [4.69, 9.17) is 0 Å². The second kappa shape index (κ2) is 6.84. The second-order valence-corrected chi connectivity index (χ2v) is 11.6. The first kappa shape index (κ1) is 19.6. The van der Waals surface area contributed by atoms with Crippen molar-refractivity contribution in [1.82, 2.24) is 4.98 Å². The highest BCUT2D eigenvalue weighted by Crippen LogP contribution is 2.68. The van der Waals surface area contributed by atoms with Crippen LogP contribution in [0.25, 0.3) is 0 Å². The van der Waals surface area contributed by atoms with Gasteiger partial charge in [-0.2, -0.15) is 0 Å². The Labute approximate surface area is 197 Å². The van der Waals surface area contributed by atoms with Crippen LogP contribution in [0.4, 0.5) is 5.69 Å². The van der Waals surface area contributed by atoms with Crippen LogP contribution in [-0.2, 0) is 9.59 Å². The highest BCUT2D eigenvalue weighted by molar-refractivity contribution is 8.00. The van der Waals surface area contributed by atoms with Gasteiger partial charge in [0.25, 0.3) is 0 Å². The minimum absolute atomic E-state index is 0.0274. The van der Waals surface area contributed by atoms with Crippen LogP contribution in [0.15, 0.2) is 64.4 Å². The van der Waals surface area contributed by atoms with E-state index < -0.39 is 0 Å². The zero-order valence-electron chi connectivity index (χ0n) is 17.4. The summed E-state index contributed by atoms with van der Waals surface area (Å²) in [6.45, 7) is 0. The number of anilines is 1. The van der Waals surface area contributed by atoms with Gasteiger partial charge in [-0.1, -0.05) is 41.7 Å². The number of carbonyl (C=O) groups is 2. The normalized spacial score (nSPS) is 33.8. The molecule has 2 amide bonds. The Morgan fingerprint density at radius 1 is 0.909 bits per heavy atom. The number of aromatic amines is 1. The first-order valence-corrected chi connectivity index (χ1v) is 12.8. The van der Waals surface area contributed by atoms with Crippen molar-refractivity contribution in [3.63, 3.8) is 0 Å². The van der Waals surface area contributed by atoms with E-state index >= 15 is 0 Å². The SMILES string of the molecule is O=C1C2C3CC(C2C(=O)N1c1ccccc1)C1C(c2ccc(O)cc2)c2sc(=O)[nH]c2SC31. The molecule has 8 heteroatoms. The molecule has 0 spiro atoms. The summed E-state index contributed by atoms with van der Waals surface area (Å²) in [4.78, 5) is 44.8. The fourth-order valence-electron chi connectivity index (χ4n) is 6.90. The summed E-state index contributed by atoms with van der Waals surface area (Å²) in [5, 5.41) is 10.9. The van der Waals surface area contributed by atoms with Gasteiger partial charge >= 0.3 is 4.87 Å².